The maximum absolute atomic E-state index is 12.5. The van der Waals surface area contributed by atoms with Gasteiger partial charge in [-0.2, -0.15) is 0 Å². The monoisotopic (exact) mass is 354 g/mol. The number of hydrogen-bond donors (Lipinski definition) is 1. The second-order valence-corrected chi connectivity index (χ2v) is 6.33. The molecule has 6 nitrogen and oxygen atoms in total. The first-order chi connectivity index (χ1) is 12.5. The Hall–Kier alpha value is -3.02. The number of phenols is 1. The van der Waals surface area contributed by atoms with Gasteiger partial charge in [-0.1, -0.05) is 23.8 Å². The van der Waals surface area contributed by atoms with Crippen LogP contribution in [0, 0.1) is 6.92 Å². The van der Waals surface area contributed by atoms with Crippen LogP contribution in [0.2, 0.25) is 0 Å². The number of rotatable bonds is 4. The van der Waals surface area contributed by atoms with E-state index in [9.17, 15) is 14.7 Å². The molecule has 1 aliphatic heterocycles. The van der Waals surface area contributed by atoms with Crippen molar-refractivity contribution in [1.29, 1.82) is 0 Å². The molecule has 6 heteroatoms. The predicted octanol–water partition coefficient (Wildman–Crippen LogP) is 2.06. The number of benzene rings is 2. The molecular weight excluding hydrogens is 332 g/mol. The Bertz CT molecular complexity index is 781. The maximum Gasteiger partial charge on any atom is 0.260 e. The summed E-state index contributed by atoms with van der Waals surface area (Å²) in [6.07, 6.45) is 0. The normalized spacial score (nSPS) is 14.2. The van der Waals surface area contributed by atoms with Crippen molar-refractivity contribution in [3.63, 3.8) is 0 Å². The van der Waals surface area contributed by atoms with Gasteiger partial charge in [-0.05, 0) is 37.3 Å². The topological polar surface area (TPSA) is 70.1 Å². The standard InChI is InChI=1S/C20H22N2O4/c1-15-5-7-18(8-6-15)26-14-19(24)21-9-11-22(12-10-21)20(25)16-3-2-4-17(23)13-16/h2-8,13,23H,9-12,14H2,1H3. The lowest BCUT2D eigenvalue weighted by atomic mass is 10.1. The van der Waals surface area contributed by atoms with E-state index >= 15 is 0 Å². The minimum absolute atomic E-state index is 0.0104. The number of ether oxygens (including phenoxy) is 1. The molecule has 3 rings (SSSR count). The molecule has 0 bridgehead atoms. The van der Waals surface area contributed by atoms with Gasteiger partial charge in [0, 0.05) is 31.7 Å². The molecule has 0 aromatic heterocycles. The van der Waals surface area contributed by atoms with E-state index in [4.69, 9.17) is 4.74 Å². The van der Waals surface area contributed by atoms with Crippen LogP contribution in [0.25, 0.3) is 0 Å². The lowest BCUT2D eigenvalue weighted by molar-refractivity contribution is -0.134. The van der Waals surface area contributed by atoms with E-state index in [-0.39, 0.29) is 24.2 Å². The molecule has 26 heavy (non-hydrogen) atoms. The number of hydrogen-bond acceptors (Lipinski definition) is 4. The van der Waals surface area contributed by atoms with E-state index < -0.39 is 0 Å². The number of nitrogens with zero attached hydrogens (tertiary/aromatic N) is 2. The van der Waals surface area contributed by atoms with Gasteiger partial charge in [-0.25, -0.2) is 0 Å². The van der Waals surface area contributed by atoms with Gasteiger partial charge in [0.1, 0.15) is 11.5 Å². The lowest BCUT2D eigenvalue weighted by Crippen LogP contribution is -2.51. The van der Waals surface area contributed by atoms with Crippen LogP contribution in [-0.4, -0.2) is 59.5 Å². The highest BCUT2D eigenvalue weighted by molar-refractivity contribution is 5.94. The van der Waals surface area contributed by atoms with E-state index in [1.54, 1.807) is 21.9 Å². The molecule has 0 unspecified atom stereocenters. The first-order valence-corrected chi connectivity index (χ1v) is 8.58. The summed E-state index contributed by atoms with van der Waals surface area (Å²) in [5, 5.41) is 9.51. The summed E-state index contributed by atoms with van der Waals surface area (Å²) in [7, 11) is 0. The first-order valence-electron chi connectivity index (χ1n) is 8.58. The zero-order valence-electron chi connectivity index (χ0n) is 14.7. The number of amides is 2. The molecule has 0 aliphatic carbocycles. The fourth-order valence-corrected chi connectivity index (χ4v) is 2.85. The molecule has 0 saturated carbocycles. The first kappa shape index (κ1) is 17.8. The third-order valence-electron chi connectivity index (χ3n) is 4.40. The van der Waals surface area contributed by atoms with Crippen LogP contribution in [0.1, 0.15) is 15.9 Å². The third-order valence-corrected chi connectivity index (χ3v) is 4.40. The average Bonchev–Trinajstić information content (AvgIpc) is 2.67. The quantitative estimate of drug-likeness (QED) is 0.912. The molecule has 1 fully saturated rings. The van der Waals surface area contributed by atoms with Crippen LogP contribution < -0.4 is 4.74 Å². The van der Waals surface area contributed by atoms with E-state index in [0.29, 0.717) is 37.5 Å². The van der Waals surface area contributed by atoms with Gasteiger partial charge in [0.2, 0.25) is 0 Å². The summed E-state index contributed by atoms with van der Waals surface area (Å²) >= 11 is 0. The second kappa shape index (κ2) is 7.91. The molecule has 1 N–H and O–H groups in total. The molecule has 0 spiro atoms. The van der Waals surface area contributed by atoms with Crippen LogP contribution in [0.15, 0.2) is 48.5 Å². The third kappa shape index (κ3) is 4.33. The van der Waals surface area contributed by atoms with E-state index in [1.807, 2.05) is 31.2 Å². The van der Waals surface area contributed by atoms with E-state index in [1.165, 1.54) is 12.1 Å². The molecule has 1 aliphatic rings. The Morgan fingerprint density at radius 3 is 2.31 bits per heavy atom. The Kier molecular flexibility index (Phi) is 5.41. The summed E-state index contributed by atoms with van der Waals surface area (Å²) in [6, 6.07) is 13.9. The highest BCUT2D eigenvalue weighted by Crippen LogP contribution is 2.15. The van der Waals surface area contributed by atoms with Crippen LogP contribution in [0.4, 0.5) is 0 Å². The van der Waals surface area contributed by atoms with Gasteiger partial charge in [-0.15, -0.1) is 0 Å². The van der Waals surface area contributed by atoms with Gasteiger partial charge in [-0.3, -0.25) is 9.59 Å². The number of piperazine rings is 1. The lowest BCUT2D eigenvalue weighted by Gasteiger charge is -2.34. The van der Waals surface area contributed by atoms with Gasteiger partial charge in [0.25, 0.3) is 11.8 Å². The largest absolute Gasteiger partial charge is 0.508 e. The average molecular weight is 354 g/mol. The van der Waals surface area contributed by atoms with Crippen molar-refractivity contribution in [2.45, 2.75) is 6.92 Å². The van der Waals surface area contributed by atoms with Crippen molar-refractivity contribution in [2.75, 3.05) is 32.8 Å². The second-order valence-electron chi connectivity index (χ2n) is 6.33. The van der Waals surface area contributed by atoms with Gasteiger partial charge < -0.3 is 19.6 Å². The van der Waals surface area contributed by atoms with Crippen molar-refractivity contribution in [1.82, 2.24) is 9.80 Å². The SMILES string of the molecule is Cc1ccc(OCC(=O)N2CCN(C(=O)c3cccc(O)c3)CC2)cc1. The van der Waals surface area contributed by atoms with Crippen molar-refractivity contribution in [3.05, 3.63) is 59.7 Å². The predicted molar refractivity (Wildman–Crippen MR) is 97.3 cm³/mol. The fourth-order valence-electron chi connectivity index (χ4n) is 2.85. The summed E-state index contributed by atoms with van der Waals surface area (Å²) in [6.45, 7) is 3.85. The number of carbonyl (C=O) groups is 2. The van der Waals surface area contributed by atoms with Crippen LogP contribution in [-0.2, 0) is 4.79 Å². The number of aryl methyl sites for hydroxylation is 1. The molecule has 2 aromatic carbocycles. The maximum atomic E-state index is 12.5. The molecule has 1 saturated heterocycles. The van der Waals surface area contributed by atoms with Crippen molar-refractivity contribution >= 4 is 11.8 Å². The Morgan fingerprint density at radius 2 is 1.65 bits per heavy atom. The van der Waals surface area contributed by atoms with Crippen molar-refractivity contribution in [3.8, 4) is 11.5 Å². The fraction of sp³-hybridized carbons (Fsp3) is 0.300. The summed E-state index contributed by atoms with van der Waals surface area (Å²) in [4.78, 5) is 28.1. The molecule has 0 atom stereocenters. The zero-order chi connectivity index (χ0) is 18.5. The summed E-state index contributed by atoms with van der Waals surface area (Å²) in [5.41, 5.74) is 1.59. The van der Waals surface area contributed by atoms with Crippen LogP contribution >= 0.6 is 0 Å². The molecule has 2 amide bonds. The minimum atomic E-state index is -0.135. The molecule has 2 aromatic rings. The van der Waals surface area contributed by atoms with Crippen LogP contribution in [0.5, 0.6) is 11.5 Å². The van der Waals surface area contributed by atoms with E-state index in [2.05, 4.69) is 0 Å². The highest BCUT2D eigenvalue weighted by Gasteiger charge is 2.25. The Labute approximate surface area is 152 Å². The smallest absolute Gasteiger partial charge is 0.260 e. The Balaban J connectivity index is 1.49. The van der Waals surface area contributed by atoms with Crippen LogP contribution in [0.3, 0.4) is 0 Å². The van der Waals surface area contributed by atoms with E-state index in [0.717, 1.165) is 5.56 Å². The minimum Gasteiger partial charge on any atom is -0.508 e. The summed E-state index contributed by atoms with van der Waals surface area (Å²) < 4.78 is 5.53. The number of phenolic OH excluding ortho intramolecular Hbond substituents is 1. The summed E-state index contributed by atoms with van der Waals surface area (Å²) in [5.74, 6) is 0.513. The molecule has 1 heterocycles. The van der Waals surface area contributed by atoms with Crippen molar-refractivity contribution < 1.29 is 19.4 Å². The number of aromatic hydroxyl groups is 1. The molecule has 136 valence electrons. The zero-order valence-corrected chi connectivity index (χ0v) is 14.7. The molecule has 0 radical (unpaired) electrons. The van der Waals surface area contributed by atoms with Gasteiger partial charge in [0.15, 0.2) is 6.61 Å². The van der Waals surface area contributed by atoms with Crippen molar-refractivity contribution in [2.24, 2.45) is 0 Å². The molecular formula is C20H22N2O4. The Morgan fingerprint density at radius 1 is 1.00 bits per heavy atom. The van der Waals surface area contributed by atoms with Gasteiger partial charge >= 0.3 is 0 Å². The highest BCUT2D eigenvalue weighted by atomic mass is 16.5. The van der Waals surface area contributed by atoms with Gasteiger partial charge in [0.05, 0.1) is 0 Å². The number of carbonyl (C=O) groups excluding carboxylic acids is 2.